The Morgan fingerprint density at radius 2 is 1.50 bits per heavy atom. The molecule has 40 heavy (non-hydrogen) atoms. The summed E-state index contributed by atoms with van der Waals surface area (Å²) in [5.41, 5.74) is 3.40. The van der Waals surface area contributed by atoms with Gasteiger partial charge in [-0.05, 0) is 61.1 Å². The molecule has 5 atom stereocenters. The Balaban J connectivity index is 1.41. The Kier molecular flexibility index (Phi) is 6.71. The van der Waals surface area contributed by atoms with Crippen molar-refractivity contribution in [3.05, 3.63) is 95.6 Å². The Labute approximate surface area is 234 Å². The monoisotopic (exact) mass is 556 g/mol. The molecule has 2 aliphatic heterocycles. The van der Waals surface area contributed by atoms with Gasteiger partial charge >= 0.3 is 0 Å². The summed E-state index contributed by atoms with van der Waals surface area (Å²) in [5, 5.41) is 0. The molecule has 0 unspecified atom stereocenters. The number of carbonyl (C=O) groups excluding carboxylic acids is 3. The first kappa shape index (κ1) is 26.6. The predicted molar refractivity (Wildman–Crippen MR) is 151 cm³/mol. The molecule has 8 heteroatoms. The van der Waals surface area contributed by atoms with E-state index >= 15 is 0 Å². The standard InChI is InChI=1S/C32H32N2O5S/c1-3-21-11-13-22(14-12-21)28-17-25-27(19-33(28)40(38,39)24-15-9-20(2)10-16-24)29(35)18-26-30(25)32(37)34(31(26)36)23-7-5-4-6-8-23/h4-16,25-28,30H,3,17-19H2,1-2H3/t25-,26+,27-,28-,30-/m1/s1. The van der Waals surface area contributed by atoms with E-state index in [2.05, 4.69) is 6.92 Å². The molecule has 0 radical (unpaired) electrons. The first-order chi connectivity index (χ1) is 19.2. The smallest absolute Gasteiger partial charge is 0.243 e. The second-order valence-electron chi connectivity index (χ2n) is 11.2. The molecule has 7 nitrogen and oxygen atoms in total. The van der Waals surface area contributed by atoms with Crippen LogP contribution in [0.3, 0.4) is 0 Å². The highest BCUT2D eigenvalue weighted by Crippen LogP contribution is 2.52. The average molecular weight is 557 g/mol. The number of Topliss-reactive ketones (excluding diaryl/α,β-unsaturated/α-hetero) is 1. The lowest BCUT2D eigenvalue weighted by Crippen LogP contribution is -2.54. The molecule has 1 saturated carbocycles. The molecule has 0 spiro atoms. The molecule has 2 amide bonds. The van der Waals surface area contributed by atoms with Crippen molar-refractivity contribution in [2.75, 3.05) is 11.4 Å². The maximum atomic E-state index is 14.1. The van der Waals surface area contributed by atoms with Crippen LogP contribution in [0, 0.1) is 30.6 Å². The predicted octanol–water partition coefficient (Wildman–Crippen LogP) is 4.70. The Hall–Kier alpha value is -3.62. The van der Waals surface area contributed by atoms with E-state index in [4.69, 9.17) is 0 Å². The summed E-state index contributed by atoms with van der Waals surface area (Å²) in [7, 11) is -3.95. The van der Waals surface area contributed by atoms with Crippen LogP contribution in [0.4, 0.5) is 5.69 Å². The van der Waals surface area contributed by atoms with Crippen molar-refractivity contribution in [1.29, 1.82) is 0 Å². The molecular weight excluding hydrogens is 524 g/mol. The van der Waals surface area contributed by atoms with Crippen molar-refractivity contribution in [2.24, 2.45) is 23.7 Å². The molecule has 0 aromatic heterocycles. The quantitative estimate of drug-likeness (QED) is 0.425. The number of benzene rings is 3. The lowest BCUT2D eigenvalue weighted by atomic mass is 9.63. The second kappa shape index (κ2) is 10.1. The number of fused-ring (bicyclic) bond motifs is 3. The van der Waals surface area contributed by atoms with Crippen LogP contribution < -0.4 is 4.90 Å². The minimum Gasteiger partial charge on any atom is -0.299 e. The van der Waals surface area contributed by atoms with E-state index in [1.807, 2.05) is 37.3 Å². The SMILES string of the molecule is CCc1ccc([C@H]2C[C@H]3[C@H]4C(=O)N(c5ccccc5)C(=O)[C@H]4CC(=O)[C@@H]3CN2S(=O)(=O)c2ccc(C)cc2)cc1. The van der Waals surface area contributed by atoms with Gasteiger partial charge in [-0.25, -0.2) is 8.42 Å². The fourth-order valence-corrected chi connectivity index (χ4v) is 8.42. The molecule has 0 N–H and O–H groups in total. The van der Waals surface area contributed by atoms with Gasteiger partial charge in [0.25, 0.3) is 0 Å². The molecule has 2 heterocycles. The summed E-state index contributed by atoms with van der Waals surface area (Å²) in [6.45, 7) is 3.94. The fraction of sp³-hybridized carbons (Fsp3) is 0.344. The number of rotatable bonds is 5. The number of imide groups is 1. The molecule has 3 aromatic rings. The van der Waals surface area contributed by atoms with E-state index < -0.39 is 39.7 Å². The number of amides is 2. The Morgan fingerprint density at radius 1 is 0.825 bits per heavy atom. The molecule has 3 aromatic carbocycles. The van der Waals surface area contributed by atoms with Crippen molar-refractivity contribution in [3.8, 4) is 0 Å². The average Bonchev–Trinajstić information content (AvgIpc) is 3.22. The van der Waals surface area contributed by atoms with Crippen LogP contribution in [0.25, 0.3) is 0 Å². The minimum atomic E-state index is -3.95. The third kappa shape index (κ3) is 4.30. The third-order valence-corrected chi connectivity index (χ3v) is 10.8. The van der Waals surface area contributed by atoms with E-state index in [0.29, 0.717) is 5.69 Å². The number of sulfonamides is 1. The van der Waals surface area contributed by atoms with Gasteiger partial charge in [-0.1, -0.05) is 67.1 Å². The molecular formula is C32H32N2O5S. The number of carbonyl (C=O) groups is 3. The second-order valence-corrected chi connectivity index (χ2v) is 13.0. The van der Waals surface area contributed by atoms with Crippen LogP contribution in [0.1, 0.15) is 42.5 Å². The maximum Gasteiger partial charge on any atom is 0.243 e. The highest BCUT2D eigenvalue weighted by molar-refractivity contribution is 7.89. The normalized spacial score (nSPS) is 27.0. The van der Waals surface area contributed by atoms with Gasteiger partial charge in [0.15, 0.2) is 0 Å². The molecule has 206 valence electrons. The van der Waals surface area contributed by atoms with Crippen LogP contribution in [-0.2, 0) is 30.8 Å². The van der Waals surface area contributed by atoms with Crippen LogP contribution in [0.5, 0.6) is 0 Å². The van der Waals surface area contributed by atoms with Crippen molar-refractivity contribution < 1.29 is 22.8 Å². The third-order valence-electron chi connectivity index (χ3n) is 8.92. The van der Waals surface area contributed by atoms with Crippen LogP contribution >= 0.6 is 0 Å². The van der Waals surface area contributed by atoms with Crippen molar-refractivity contribution >= 4 is 33.3 Å². The number of nitrogens with zero attached hydrogens (tertiary/aromatic N) is 2. The van der Waals surface area contributed by atoms with Crippen molar-refractivity contribution in [2.45, 2.75) is 44.0 Å². The lowest BCUT2D eigenvalue weighted by Gasteiger charge is -2.47. The van der Waals surface area contributed by atoms with Gasteiger partial charge in [-0.3, -0.25) is 19.3 Å². The van der Waals surface area contributed by atoms with Gasteiger partial charge in [0.1, 0.15) is 5.78 Å². The largest absolute Gasteiger partial charge is 0.299 e. The topological polar surface area (TPSA) is 91.8 Å². The molecule has 3 aliphatic rings. The Bertz CT molecular complexity index is 1570. The van der Waals surface area contributed by atoms with Crippen molar-refractivity contribution in [1.82, 2.24) is 4.31 Å². The van der Waals surface area contributed by atoms with Gasteiger partial charge in [0.2, 0.25) is 21.8 Å². The number of hydrogen-bond donors (Lipinski definition) is 0. The van der Waals surface area contributed by atoms with Crippen LogP contribution in [-0.4, -0.2) is 36.9 Å². The van der Waals surface area contributed by atoms with E-state index in [1.165, 1.54) is 9.21 Å². The van der Waals surface area contributed by atoms with Crippen LogP contribution in [0.2, 0.25) is 0 Å². The van der Waals surface area contributed by atoms with Gasteiger partial charge in [-0.15, -0.1) is 0 Å². The van der Waals surface area contributed by atoms with E-state index in [0.717, 1.165) is 23.1 Å². The summed E-state index contributed by atoms with van der Waals surface area (Å²) in [5.74, 6) is -3.24. The van der Waals surface area contributed by atoms with Gasteiger partial charge in [-0.2, -0.15) is 4.31 Å². The van der Waals surface area contributed by atoms with Crippen LogP contribution in [0.15, 0.2) is 83.8 Å². The van der Waals surface area contributed by atoms with Crippen molar-refractivity contribution in [3.63, 3.8) is 0 Å². The zero-order valence-electron chi connectivity index (χ0n) is 22.6. The maximum absolute atomic E-state index is 14.1. The zero-order valence-corrected chi connectivity index (χ0v) is 23.4. The summed E-state index contributed by atoms with van der Waals surface area (Å²) in [4.78, 5) is 42.3. The highest BCUT2D eigenvalue weighted by Gasteiger charge is 2.60. The molecule has 3 fully saturated rings. The minimum absolute atomic E-state index is 0.0179. The first-order valence-electron chi connectivity index (χ1n) is 13.8. The highest BCUT2D eigenvalue weighted by atomic mass is 32.2. The molecule has 6 rings (SSSR count). The molecule has 1 aliphatic carbocycles. The zero-order chi connectivity index (χ0) is 28.2. The van der Waals surface area contributed by atoms with E-state index in [9.17, 15) is 22.8 Å². The van der Waals surface area contributed by atoms with Gasteiger partial charge in [0.05, 0.1) is 28.5 Å². The number of hydrogen-bond acceptors (Lipinski definition) is 5. The molecule has 2 saturated heterocycles. The number of ketones is 1. The number of piperidine rings is 1. The summed E-state index contributed by atoms with van der Waals surface area (Å²) >= 11 is 0. The number of aryl methyl sites for hydroxylation is 2. The number of anilines is 1. The first-order valence-corrected chi connectivity index (χ1v) is 15.3. The van der Waals surface area contributed by atoms with Gasteiger partial charge < -0.3 is 0 Å². The summed E-state index contributed by atoms with van der Waals surface area (Å²) in [6, 6.07) is 22.9. The van der Waals surface area contributed by atoms with E-state index in [1.54, 1.807) is 48.5 Å². The van der Waals surface area contributed by atoms with E-state index in [-0.39, 0.29) is 41.9 Å². The lowest BCUT2D eigenvalue weighted by molar-refractivity contribution is -0.140. The number of para-hydroxylation sites is 1. The summed E-state index contributed by atoms with van der Waals surface area (Å²) in [6.07, 6.45) is 1.09. The Morgan fingerprint density at radius 3 is 2.15 bits per heavy atom. The fourth-order valence-electron chi connectivity index (χ4n) is 6.77. The molecule has 0 bridgehead atoms. The van der Waals surface area contributed by atoms with Gasteiger partial charge in [0, 0.05) is 18.9 Å². The summed E-state index contributed by atoms with van der Waals surface area (Å²) < 4.78 is 29.6.